The summed E-state index contributed by atoms with van der Waals surface area (Å²) in [6, 6.07) is 3.42. The van der Waals surface area contributed by atoms with Crippen molar-refractivity contribution in [2.24, 2.45) is 0 Å². The number of H-pyrrole nitrogens is 1. The van der Waals surface area contributed by atoms with E-state index in [1.807, 2.05) is 6.92 Å². The fourth-order valence-electron chi connectivity index (χ4n) is 2.38. The van der Waals surface area contributed by atoms with Crippen LogP contribution in [-0.4, -0.2) is 21.4 Å². The zero-order chi connectivity index (χ0) is 15.1. The number of hydrogen-bond donors (Lipinski definition) is 2. The molecule has 1 aromatic heterocycles. The number of aromatic amines is 1. The highest BCUT2D eigenvalue weighted by molar-refractivity contribution is 8.01. The zero-order valence-electron chi connectivity index (χ0n) is 11.4. The summed E-state index contributed by atoms with van der Waals surface area (Å²) >= 11 is 1.34. The summed E-state index contributed by atoms with van der Waals surface area (Å²) in [5.41, 5.74) is 2.00. The molecule has 1 amide bonds. The Morgan fingerprint density at radius 3 is 2.57 bits per heavy atom. The summed E-state index contributed by atoms with van der Waals surface area (Å²) in [6.07, 6.45) is 0. The molecule has 2 aromatic rings. The van der Waals surface area contributed by atoms with Gasteiger partial charge in [-0.15, -0.1) is 11.8 Å². The smallest absolute Gasteiger partial charge is 0.238 e. The molecule has 2 heterocycles. The molecular weight excluding hydrogens is 296 g/mol. The van der Waals surface area contributed by atoms with Crippen LogP contribution in [0.4, 0.5) is 14.6 Å². The number of nitrogens with one attached hydrogen (secondary N) is 2. The van der Waals surface area contributed by atoms with E-state index in [1.54, 1.807) is 6.92 Å². The lowest BCUT2D eigenvalue weighted by Gasteiger charge is -2.17. The van der Waals surface area contributed by atoms with Crippen LogP contribution < -0.4 is 5.32 Å². The number of halogens is 2. The molecule has 1 aliphatic heterocycles. The first-order valence-corrected chi connectivity index (χ1v) is 7.37. The number of hydrogen-bond acceptors (Lipinski definition) is 3. The van der Waals surface area contributed by atoms with Gasteiger partial charge in [-0.2, -0.15) is 5.10 Å². The average Bonchev–Trinajstić information content (AvgIpc) is 2.69. The molecule has 0 fully saturated rings. The van der Waals surface area contributed by atoms with Gasteiger partial charge in [0.15, 0.2) is 5.82 Å². The molecule has 2 N–H and O–H groups in total. The molecule has 0 saturated carbocycles. The molecule has 0 saturated heterocycles. The van der Waals surface area contributed by atoms with Crippen LogP contribution in [0.15, 0.2) is 18.2 Å². The molecule has 0 unspecified atom stereocenters. The molecule has 110 valence electrons. The van der Waals surface area contributed by atoms with Crippen LogP contribution in [0, 0.1) is 18.6 Å². The first-order valence-electron chi connectivity index (χ1n) is 6.43. The number of rotatable bonds is 1. The number of aryl methyl sites for hydroxylation is 1. The number of carbonyl (C=O) groups is 1. The summed E-state index contributed by atoms with van der Waals surface area (Å²) in [4.78, 5) is 12.0. The Labute approximate surface area is 124 Å². The molecule has 4 nitrogen and oxygen atoms in total. The van der Waals surface area contributed by atoms with E-state index in [0.717, 1.165) is 17.3 Å². The van der Waals surface area contributed by atoms with Gasteiger partial charge in [-0.1, -0.05) is 0 Å². The van der Waals surface area contributed by atoms with E-state index in [-0.39, 0.29) is 16.4 Å². The van der Waals surface area contributed by atoms with Crippen LogP contribution in [0.5, 0.6) is 0 Å². The Morgan fingerprint density at radius 2 is 1.90 bits per heavy atom. The maximum Gasteiger partial charge on any atom is 0.238 e. The van der Waals surface area contributed by atoms with E-state index in [1.165, 1.54) is 23.9 Å². The summed E-state index contributed by atoms with van der Waals surface area (Å²) in [5, 5.41) is 8.89. The minimum atomic E-state index is -0.635. The summed E-state index contributed by atoms with van der Waals surface area (Å²) < 4.78 is 27.0. The van der Waals surface area contributed by atoms with Crippen molar-refractivity contribution in [2.75, 3.05) is 5.32 Å². The van der Waals surface area contributed by atoms with Gasteiger partial charge in [0, 0.05) is 17.3 Å². The fourth-order valence-corrected chi connectivity index (χ4v) is 3.69. The molecular formula is C14H13F2N3OS. The van der Waals surface area contributed by atoms with E-state index >= 15 is 0 Å². The number of nitrogens with zero attached hydrogens (tertiary/aromatic N) is 1. The third-order valence-corrected chi connectivity index (χ3v) is 4.80. The minimum absolute atomic E-state index is 0.174. The van der Waals surface area contributed by atoms with Crippen LogP contribution in [0.2, 0.25) is 0 Å². The zero-order valence-corrected chi connectivity index (χ0v) is 12.2. The molecule has 7 heteroatoms. The second-order valence-electron chi connectivity index (χ2n) is 4.96. The summed E-state index contributed by atoms with van der Waals surface area (Å²) in [6.45, 7) is 3.57. The third-order valence-electron chi connectivity index (χ3n) is 3.40. The van der Waals surface area contributed by atoms with E-state index in [2.05, 4.69) is 15.5 Å². The van der Waals surface area contributed by atoms with Crippen LogP contribution in [0.25, 0.3) is 0 Å². The summed E-state index contributed by atoms with van der Waals surface area (Å²) in [7, 11) is 0. The Morgan fingerprint density at radius 1 is 1.24 bits per heavy atom. The molecule has 3 rings (SSSR count). The molecule has 0 aliphatic carbocycles. The standard InChI is InChI=1S/C14H13F2N3OS/c1-6-11-12(8-3-9(15)5-10(16)4-8)21-7(2)14(20)17-13(11)19-18-6/h3-5,7,12H,1-2H3,(H2,17,18,19,20)/t7-,12-/m0/s1. The van der Waals surface area contributed by atoms with E-state index in [0.29, 0.717) is 11.4 Å². The predicted molar refractivity (Wildman–Crippen MR) is 77.2 cm³/mol. The van der Waals surface area contributed by atoms with Crippen LogP contribution in [0.3, 0.4) is 0 Å². The van der Waals surface area contributed by atoms with Crippen molar-refractivity contribution in [3.05, 3.63) is 46.7 Å². The number of anilines is 1. The van der Waals surface area contributed by atoms with Gasteiger partial charge >= 0.3 is 0 Å². The highest BCUT2D eigenvalue weighted by Gasteiger charge is 2.32. The van der Waals surface area contributed by atoms with Gasteiger partial charge in [0.25, 0.3) is 0 Å². The topological polar surface area (TPSA) is 57.8 Å². The van der Waals surface area contributed by atoms with Gasteiger partial charge in [-0.25, -0.2) is 8.78 Å². The van der Waals surface area contributed by atoms with Crippen molar-refractivity contribution in [3.63, 3.8) is 0 Å². The Kier molecular flexibility index (Phi) is 3.44. The van der Waals surface area contributed by atoms with Crippen LogP contribution >= 0.6 is 11.8 Å². The number of aromatic nitrogens is 2. The second kappa shape index (κ2) is 5.14. The van der Waals surface area contributed by atoms with E-state index in [4.69, 9.17) is 0 Å². The molecule has 0 spiro atoms. The molecule has 21 heavy (non-hydrogen) atoms. The van der Waals surface area contributed by atoms with Crippen molar-refractivity contribution in [1.82, 2.24) is 10.2 Å². The monoisotopic (exact) mass is 309 g/mol. The minimum Gasteiger partial charge on any atom is -0.308 e. The molecule has 1 aromatic carbocycles. The number of benzene rings is 1. The first-order chi connectivity index (χ1) is 9.95. The van der Waals surface area contributed by atoms with Crippen LogP contribution in [-0.2, 0) is 4.79 Å². The van der Waals surface area contributed by atoms with Gasteiger partial charge in [0.05, 0.1) is 10.5 Å². The van der Waals surface area contributed by atoms with Crippen molar-refractivity contribution in [1.29, 1.82) is 0 Å². The van der Waals surface area contributed by atoms with Gasteiger partial charge in [0.1, 0.15) is 11.6 Å². The molecule has 2 atom stereocenters. The number of amides is 1. The highest BCUT2D eigenvalue weighted by atomic mass is 32.2. The number of carbonyl (C=O) groups excluding carboxylic acids is 1. The van der Waals surface area contributed by atoms with Crippen molar-refractivity contribution in [2.45, 2.75) is 24.3 Å². The lowest BCUT2D eigenvalue weighted by Crippen LogP contribution is -2.21. The maximum atomic E-state index is 13.5. The Hall–Kier alpha value is -1.89. The molecule has 1 aliphatic rings. The van der Waals surface area contributed by atoms with Crippen LogP contribution in [0.1, 0.15) is 29.0 Å². The Bertz CT molecular complexity index is 696. The quantitative estimate of drug-likeness (QED) is 0.851. The Balaban J connectivity index is 2.15. The number of thioether (sulfide) groups is 1. The lowest BCUT2D eigenvalue weighted by atomic mass is 10.0. The van der Waals surface area contributed by atoms with Crippen molar-refractivity contribution in [3.8, 4) is 0 Å². The maximum absolute atomic E-state index is 13.5. The first kappa shape index (κ1) is 14.1. The fraction of sp³-hybridized carbons (Fsp3) is 0.286. The highest BCUT2D eigenvalue weighted by Crippen LogP contribution is 2.44. The molecule has 0 bridgehead atoms. The van der Waals surface area contributed by atoms with Gasteiger partial charge in [-0.3, -0.25) is 9.89 Å². The van der Waals surface area contributed by atoms with Gasteiger partial charge in [0.2, 0.25) is 5.91 Å². The normalized spacial score (nSPS) is 21.6. The second-order valence-corrected chi connectivity index (χ2v) is 6.41. The van der Waals surface area contributed by atoms with Crippen molar-refractivity contribution < 1.29 is 13.6 Å². The van der Waals surface area contributed by atoms with Gasteiger partial charge < -0.3 is 5.32 Å². The van der Waals surface area contributed by atoms with Gasteiger partial charge in [-0.05, 0) is 31.5 Å². The SMILES string of the molecule is Cc1[nH]nc2c1[C@H](c1cc(F)cc(F)c1)S[C@@H](C)C(=O)N2. The number of fused-ring (bicyclic) bond motifs is 1. The molecule has 0 radical (unpaired) electrons. The predicted octanol–water partition coefficient (Wildman–Crippen LogP) is 3.16. The lowest BCUT2D eigenvalue weighted by molar-refractivity contribution is -0.115. The largest absolute Gasteiger partial charge is 0.308 e. The summed E-state index contributed by atoms with van der Waals surface area (Å²) in [5.74, 6) is -1.02. The van der Waals surface area contributed by atoms with E-state index in [9.17, 15) is 13.6 Å². The van der Waals surface area contributed by atoms with Crippen molar-refractivity contribution >= 4 is 23.5 Å². The third kappa shape index (κ3) is 2.53. The van der Waals surface area contributed by atoms with E-state index < -0.39 is 11.6 Å². The average molecular weight is 309 g/mol.